The molecule has 0 radical (unpaired) electrons. The quantitative estimate of drug-likeness (QED) is 0.737. The predicted molar refractivity (Wildman–Crippen MR) is 66.2 cm³/mol. The second-order valence-corrected chi connectivity index (χ2v) is 7.37. The summed E-state index contributed by atoms with van der Waals surface area (Å²) in [5.41, 5.74) is 0. The lowest BCUT2D eigenvalue weighted by Crippen LogP contribution is -2.45. The molecule has 2 aliphatic heterocycles. The molecule has 0 aromatic rings. The molecule has 3 atom stereocenters. The predicted octanol–water partition coefficient (Wildman–Crippen LogP) is -0.229. The van der Waals surface area contributed by atoms with Gasteiger partial charge in [0.25, 0.3) is 0 Å². The van der Waals surface area contributed by atoms with Crippen LogP contribution in [0.1, 0.15) is 26.2 Å². The zero-order valence-electron chi connectivity index (χ0n) is 10.3. The van der Waals surface area contributed by atoms with Crippen molar-refractivity contribution in [3.8, 4) is 0 Å². The van der Waals surface area contributed by atoms with Gasteiger partial charge in [-0.2, -0.15) is 0 Å². The van der Waals surface area contributed by atoms with Crippen molar-refractivity contribution in [1.82, 2.24) is 9.62 Å². The Morgan fingerprint density at radius 3 is 2.71 bits per heavy atom. The van der Waals surface area contributed by atoms with Crippen LogP contribution in [0.5, 0.6) is 0 Å². The molecule has 2 heterocycles. The van der Waals surface area contributed by atoms with Gasteiger partial charge in [0, 0.05) is 19.6 Å². The fourth-order valence-corrected chi connectivity index (χ4v) is 4.64. The average molecular weight is 262 g/mol. The molecule has 0 amide bonds. The molecule has 5 nitrogen and oxygen atoms in total. The van der Waals surface area contributed by atoms with E-state index in [0.29, 0.717) is 19.6 Å². The van der Waals surface area contributed by atoms with Crippen LogP contribution in [0, 0.1) is 5.92 Å². The van der Waals surface area contributed by atoms with Crippen molar-refractivity contribution in [2.45, 2.75) is 37.5 Å². The lowest BCUT2D eigenvalue weighted by molar-refractivity contribution is 0.132. The van der Waals surface area contributed by atoms with Crippen molar-refractivity contribution in [2.24, 2.45) is 5.92 Å². The van der Waals surface area contributed by atoms with Gasteiger partial charge in [0.2, 0.25) is 10.0 Å². The van der Waals surface area contributed by atoms with E-state index in [0.717, 1.165) is 25.8 Å². The van der Waals surface area contributed by atoms with E-state index in [4.69, 9.17) is 0 Å². The molecule has 2 N–H and O–H groups in total. The zero-order chi connectivity index (χ0) is 12.5. The van der Waals surface area contributed by atoms with Gasteiger partial charge in [0.1, 0.15) is 0 Å². The van der Waals surface area contributed by atoms with Gasteiger partial charge >= 0.3 is 0 Å². The van der Waals surface area contributed by atoms with Gasteiger partial charge in [-0.1, -0.05) is 0 Å². The first-order valence-electron chi connectivity index (χ1n) is 6.39. The second kappa shape index (κ2) is 5.22. The molecule has 2 aliphatic rings. The molecule has 3 unspecified atom stereocenters. The van der Waals surface area contributed by atoms with Crippen LogP contribution in [0.15, 0.2) is 0 Å². The highest BCUT2D eigenvalue weighted by Gasteiger charge is 2.38. The molecule has 2 saturated heterocycles. The number of aliphatic hydroxyl groups excluding tert-OH is 1. The first kappa shape index (κ1) is 13.3. The number of hydrogen-bond acceptors (Lipinski definition) is 4. The Morgan fingerprint density at radius 1 is 1.41 bits per heavy atom. The minimum atomic E-state index is -3.17. The third-order valence-corrected chi connectivity index (χ3v) is 6.20. The second-order valence-electron chi connectivity index (χ2n) is 5.16. The highest BCUT2D eigenvalue weighted by Crippen LogP contribution is 2.26. The van der Waals surface area contributed by atoms with Crippen LogP contribution in [0.3, 0.4) is 0 Å². The summed E-state index contributed by atoms with van der Waals surface area (Å²) in [7, 11) is -3.17. The van der Waals surface area contributed by atoms with Gasteiger partial charge in [-0.05, 0) is 38.6 Å². The van der Waals surface area contributed by atoms with Crippen molar-refractivity contribution in [2.75, 3.05) is 26.2 Å². The Labute approximate surface area is 103 Å². The van der Waals surface area contributed by atoms with Crippen LogP contribution < -0.4 is 5.32 Å². The summed E-state index contributed by atoms with van der Waals surface area (Å²) in [4.78, 5) is 0. The average Bonchev–Trinajstić information content (AvgIpc) is 2.80. The smallest absolute Gasteiger partial charge is 0.218 e. The molecule has 17 heavy (non-hydrogen) atoms. The number of nitrogens with one attached hydrogen (secondary N) is 1. The number of hydrogen-bond donors (Lipinski definition) is 2. The minimum Gasteiger partial charge on any atom is -0.393 e. The maximum Gasteiger partial charge on any atom is 0.218 e. The van der Waals surface area contributed by atoms with Crippen molar-refractivity contribution in [1.29, 1.82) is 0 Å². The summed E-state index contributed by atoms with van der Waals surface area (Å²) in [6.45, 7) is 4.27. The van der Waals surface area contributed by atoms with E-state index in [1.165, 1.54) is 0 Å². The van der Waals surface area contributed by atoms with Crippen LogP contribution in [0.4, 0.5) is 0 Å². The van der Waals surface area contributed by atoms with Gasteiger partial charge < -0.3 is 10.4 Å². The molecule has 2 rings (SSSR count). The van der Waals surface area contributed by atoms with Gasteiger partial charge in [0.05, 0.1) is 11.4 Å². The molecular formula is C11H22N2O3S. The van der Waals surface area contributed by atoms with E-state index >= 15 is 0 Å². The Kier molecular flexibility index (Phi) is 4.07. The van der Waals surface area contributed by atoms with Gasteiger partial charge in [-0.15, -0.1) is 0 Å². The van der Waals surface area contributed by atoms with Gasteiger partial charge in [0.15, 0.2) is 0 Å². The molecule has 0 spiro atoms. The van der Waals surface area contributed by atoms with E-state index in [1.807, 2.05) is 0 Å². The van der Waals surface area contributed by atoms with Crippen molar-refractivity contribution >= 4 is 10.0 Å². The van der Waals surface area contributed by atoms with Crippen LogP contribution in [-0.2, 0) is 10.0 Å². The monoisotopic (exact) mass is 262 g/mol. The fourth-order valence-electron chi connectivity index (χ4n) is 2.66. The lowest BCUT2D eigenvalue weighted by Gasteiger charge is -2.27. The molecule has 100 valence electrons. The maximum atomic E-state index is 12.4. The highest BCUT2D eigenvalue weighted by atomic mass is 32.2. The van der Waals surface area contributed by atoms with E-state index in [-0.39, 0.29) is 11.2 Å². The van der Waals surface area contributed by atoms with Crippen LogP contribution in [0.25, 0.3) is 0 Å². The first-order valence-corrected chi connectivity index (χ1v) is 7.90. The highest BCUT2D eigenvalue weighted by molar-refractivity contribution is 7.89. The molecule has 0 saturated carbocycles. The van der Waals surface area contributed by atoms with E-state index in [2.05, 4.69) is 5.32 Å². The fraction of sp³-hybridized carbons (Fsp3) is 1.00. The number of piperidine rings is 1. The summed E-state index contributed by atoms with van der Waals surface area (Å²) < 4.78 is 26.3. The Morgan fingerprint density at radius 2 is 2.18 bits per heavy atom. The maximum absolute atomic E-state index is 12.4. The Bertz CT molecular complexity index is 350. The largest absolute Gasteiger partial charge is 0.393 e. The molecular weight excluding hydrogens is 240 g/mol. The Balaban J connectivity index is 2.01. The Hall–Kier alpha value is -0.170. The molecule has 0 aliphatic carbocycles. The van der Waals surface area contributed by atoms with Crippen LogP contribution >= 0.6 is 0 Å². The SMILES string of the molecule is CC(O)C1CCN(S(=O)(=O)C2CCCNC2)C1. The van der Waals surface area contributed by atoms with Crippen LogP contribution in [0.2, 0.25) is 0 Å². The van der Waals surface area contributed by atoms with Gasteiger partial charge in [-0.25, -0.2) is 12.7 Å². The summed E-state index contributed by atoms with van der Waals surface area (Å²) in [5, 5.41) is 12.4. The van der Waals surface area contributed by atoms with E-state index in [1.54, 1.807) is 11.2 Å². The number of sulfonamides is 1. The normalized spacial score (nSPS) is 33.8. The molecule has 6 heteroatoms. The van der Waals surface area contributed by atoms with E-state index < -0.39 is 16.1 Å². The minimum absolute atomic E-state index is 0.0984. The summed E-state index contributed by atoms with van der Waals surface area (Å²) in [6, 6.07) is 0. The van der Waals surface area contributed by atoms with Crippen molar-refractivity contribution < 1.29 is 13.5 Å². The summed E-state index contributed by atoms with van der Waals surface area (Å²) in [5.74, 6) is 0.0984. The third kappa shape index (κ3) is 2.81. The zero-order valence-corrected chi connectivity index (χ0v) is 11.1. The number of aliphatic hydroxyl groups is 1. The molecule has 2 fully saturated rings. The molecule has 0 bridgehead atoms. The summed E-state index contributed by atoms with van der Waals surface area (Å²) >= 11 is 0. The van der Waals surface area contributed by atoms with E-state index in [9.17, 15) is 13.5 Å². The van der Waals surface area contributed by atoms with Crippen LogP contribution in [-0.4, -0.2) is 55.4 Å². The lowest BCUT2D eigenvalue weighted by atomic mass is 10.0. The summed E-state index contributed by atoms with van der Waals surface area (Å²) in [6.07, 6.45) is 2.04. The standard InChI is InChI=1S/C11H22N2O3S/c1-9(14)10-4-6-13(8-10)17(15,16)11-3-2-5-12-7-11/h9-12,14H,2-8H2,1H3. The van der Waals surface area contributed by atoms with Gasteiger partial charge in [-0.3, -0.25) is 0 Å². The van der Waals surface area contributed by atoms with Crippen molar-refractivity contribution in [3.05, 3.63) is 0 Å². The molecule has 0 aromatic heterocycles. The van der Waals surface area contributed by atoms with Crippen molar-refractivity contribution in [3.63, 3.8) is 0 Å². The first-order chi connectivity index (χ1) is 8.01. The third-order valence-electron chi connectivity index (χ3n) is 3.90. The molecule has 0 aromatic carbocycles. The number of rotatable bonds is 3. The number of nitrogens with zero attached hydrogens (tertiary/aromatic N) is 1. The topological polar surface area (TPSA) is 69.6 Å².